The van der Waals surface area contributed by atoms with Crippen LogP contribution >= 0.6 is 0 Å². The molecule has 2 aromatic rings. The molecule has 1 aliphatic carbocycles. The number of carbonyl (C=O) groups is 1. The number of hydrogen-bond donors (Lipinski definition) is 1. The Bertz CT molecular complexity index is 956. The molecule has 0 radical (unpaired) electrons. The Labute approximate surface area is 197 Å². The van der Waals surface area contributed by atoms with Crippen molar-refractivity contribution in [2.45, 2.75) is 76.7 Å². The minimum absolute atomic E-state index is 0.268. The van der Waals surface area contributed by atoms with Crippen LogP contribution in [0.15, 0.2) is 30.6 Å². The highest BCUT2D eigenvalue weighted by Crippen LogP contribution is 2.42. The van der Waals surface area contributed by atoms with Crippen molar-refractivity contribution in [3.05, 3.63) is 42.0 Å². The lowest BCUT2D eigenvalue weighted by atomic mass is 9.73. The quantitative estimate of drug-likeness (QED) is 0.643. The molecule has 33 heavy (non-hydrogen) atoms. The van der Waals surface area contributed by atoms with Crippen LogP contribution in [0.3, 0.4) is 0 Å². The molecule has 4 aliphatic rings. The first kappa shape index (κ1) is 22.5. The van der Waals surface area contributed by atoms with E-state index in [-0.39, 0.29) is 11.8 Å². The molecule has 3 aliphatic heterocycles. The Morgan fingerprint density at radius 3 is 2.58 bits per heavy atom. The lowest BCUT2D eigenvalue weighted by Crippen LogP contribution is -2.56. The zero-order valence-electron chi connectivity index (χ0n) is 20.0. The Balaban J connectivity index is 1.35. The predicted octanol–water partition coefficient (Wildman–Crippen LogP) is 4.54. The summed E-state index contributed by atoms with van der Waals surface area (Å²) in [7, 11) is 0. The van der Waals surface area contributed by atoms with Crippen molar-refractivity contribution >= 4 is 5.91 Å². The lowest BCUT2D eigenvalue weighted by molar-refractivity contribution is -0.127. The van der Waals surface area contributed by atoms with Gasteiger partial charge in [0, 0.05) is 66.2 Å². The van der Waals surface area contributed by atoms with Crippen molar-refractivity contribution in [3.8, 4) is 11.4 Å². The Morgan fingerprint density at radius 2 is 1.94 bits per heavy atom. The fourth-order valence-corrected chi connectivity index (χ4v) is 5.94. The van der Waals surface area contributed by atoms with E-state index in [1.165, 1.54) is 24.2 Å². The molecule has 6 heteroatoms. The third-order valence-corrected chi connectivity index (χ3v) is 8.35. The summed E-state index contributed by atoms with van der Waals surface area (Å²) in [6.45, 7) is 7.46. The van der Waals surface area contributed by atoms with Gasteiger partial charge in [-0.1, -0.05) is 20.3 Å². The second-order valence-electron chi connectivity index (χ2n) is 10.2. The van der Waals surface area contributed by atoms with Crippen LogP contribution in [0.2, 0.25) is 0 Å². The van der Waals surface area contributed by atoms with Gasteiger partial charge in [-0.3, -0.25) is 14.7 Å². The Morgan fingerprint density at radius 1 is 1.15 bits per heavy atom. The number of aromatic nitrogens is 3. The molecule has 4 fully saturated rings. The van der Waals surface area contributed by atoms with Gasteiger partial charge in [0.05, 0.1) is 0 Å². The van der Waals surface area contributed by atoms with Gasteiger partial charge in [-0.2, -0.15) is 0 Å². The Hall–Kier alpha value is -2.34. The summed E-state index contributed by atoms with van der Waals surface area (Å²) in [5.74, 6) is 2.89. The molecular weight excluding hydrogens is 410 g/mol. The smallest absolute Gasteiger partial charge is 0.223 e. The Kier molecular flexibility index (Phi) is 6.72. The van der Waals surface area contributed by atoms with Crippen LogP contribution in [0.4, 0.5) is 0 Å². The van der Waals surface area contributed by atoms with Crippen molar-refractivity contribution in [1.82, 2.24) is 25.2 Å². The third kappa shape index (κ3) is 4.68. The molecule has 1 saturated carbocycles. The van der Waals surface area contributed by atoms with Crippen LogP contribution in [0.5, 0.6) is 0 Å². The first-order valence-electron chi connectivity index (χ1n) is 13.0. The molecule has 6 rings (SSSR count). The first-order chi connectivity index (χ1) is 16.2. The molecule has 6 nitrogen and oxygen atoms in total. The number of rotatable bonds is 8. The number of piperidine rings is 3. The molecule has 2 bridgehead atoms. The molecule has 5 heterocycles. The zero-order valence-corrected chi connectivity index (χ0v) is 20.0. The van der Waals surface area contributed by atoms with E-state index in [2.05, 4.69) is 35.1 Å². The monoisotopic (exact) mass is 447 g/mol. The van der Waals surface area contributed by atoms with Crippen molar-refractivity contribution in [1.29, 1.82) is 0 Å². The van der Waals surface area contributed by atoms with Crippen LogP contribution in [0.1, 0.15) is 82.0 Å². The molecule has 0 aromatic carbocycles. The van der Waals surface area contributed by atoms with E-state index in [4.69, 9.17) is 9.97 Å². The fraction of sp³-hybridized carbons (Fsp3) is 0.630. The van der Waals surface area contributed by atoms with Gasteiger partial charge in [-0.15, -0.1) is 0 Å². The molecular formula is C27H37N5O. The predicted molar refractivity (Wildman–Crippen MR) is 130 cm³/mol. The van der Waals surface area contributed by atoms with Gasteiger partial charge in [0.1, 0.15) is 0 Å². The van der Waals surface area contributed by atoms with Crippen molar-refractivity contribution in [3.63, 3.8) is 0 Å². The topological polar surface area (TPSA) is 71.0 Å². The molecule has 1 amide bonds. The third-order valence-electron chi connectivity index (χ3n) is 8.35. The van der Waals surface area contributed by atoms with E-state index in [0.29, 0.717) is 23.8 Å². The first-order valence-corrected chi connectivity index (χ1v) is 13.0. The summed E-state index contributed by atoms with van der Waals surface area (Å²) in [4.78, 5) is 29.2. The number of hydrogen-bond acceptors (Lipinski definition) is 5. The maximum Gasteiger partial charge on any atom is 0.223 e. The standard InChI is InChI=1S/C27H37N5O/c1-3-18(4-2)24-15-25(31-26(30-24)19-8-11-28-12-9-19)23-17-32-13-10-21(23)14-22(32)16-29-27(33)20-6-5-7-20/h8-9,11-12,15,18,20-23H,3-7,10,13-14,16-17H2,1-2H3,(H,29,33). The van der Waals surface area contributed by atoms with Crippen LogP contribution in [-0.2, 0) is 4.79 Å². The highest BCUT2D eigenvalue weighted by Gasteiger charge is 2.42. The van der Waals surface area contributed by atoms with E-state index in [9.17, 15) is 4.79 Å². The number of pyridine rings is 1. The number of carbonyl (C=O) groups excluding carboxylic acids is 1. The SMILES string of the molecule is CCC(CC)c1cc(C2CN3CCC2CC3CNC(=O)C2CCC2)nc(-c2ccncc2)n1. The highest BCUT2D eigenvalue weighted by molar-refractivity contribution is 5.79. The van der Waals surface area contributed by atoms with Gasteiger partial charge in [-0.05, 0) is 69.2 Å². The summed E-state index contributed by atoms with van der Waals surface area (Å²) < 4.78 is 0. The highest BCUT2D eigenvalue weighted by atomic mass is 16.1. The van der Waals surface area contributed by atoms with Gasteiger partial charge < -0.3 is 5.32 Å². The molecule has 4 unspecified atom stereocenters. The molecule has 0 spiro atoms. The summed E-state index contributed by atoms with van der Waals surface area (Å²) in [5, 5.41) is 3.25. The van der Waals surface area contributed by atoms with E-state index in [1.807, 2.05) is 24.5 Å². The summed E-state index contributed by atoms with van der Waals surface area (Å²) in [6, 6.07) is 6.77. The number of amides is 1. The summed E-state index contributed by atoms with van der Waals surface area (Å²) in [5.41, 5.74) is 3.42. The van der Waals surface area contributed by atoms with Gasteiger partial charge in [0.2, 0.25) is 5.91 Å². The molecule has 2 aromatic heterocycles. The van der Waals surface area contributed by atoms with E-state index < -0.39 is 0 Å². The second-order valence-corrected chi connectivity index (χ2v) is 10.2. The molecule has 176 valence electrons. The zero-order chi connectivity index (χ0) is 22.8. The molecule has 4 atom stereocenters. The van der Waals surface area contributed by atoms with Crippen molar-refractivity contribution in [2.75, 3.05) is 19.6 Å². The van der Waals surface area contributed by atoms with Gasteiger partial charge in [0.15, 0.2) is 5.82 Å². The normalized spacial score (nSPS) is 26.9. The van der Waals surface area contributed by atoms with E-state index in [0.717, 1.165) is 63.1 Å². The van der Waals surface area contributed by atoms with E-state index >= 15 is 0 Å². The average Bonchev–Trinajstić information content (AvgIpc) is 2.83. The van der Waals surface area contributed by atoms with Crippen molar-refractivity contribution < 1.29 is 4.79 Å². The van der Waals surface area contributed by atoms with Crippen LogP contribution in [-0.4, -0.2) is 51.4 Å². The lowest BCUT2D eigenvalue weighted by Gasteiger charge is -2.50. The fourth-order valence-electron chi connectivity index (χ4n) is 5.94. The second kappa shape index (κ2) is 9.88. The van der Waals surface area contributed by atoms with Gasteiger partial charge >= 0.3 is 0 Å². The number of nitrogens with zero attached hydrogens (tertiary/aromatic N) is 4. The van der Waals surface area contributed by atoms with Crippen LogP contribution < -0.4 is 5.32 Å². The molecule has 1 N–H and O–H groups in total. The van der Waals surface area contributed by atoms with Gasteiger partial charge in [-0.25, -0.2) is 9.97 Å². The summed E-state index contributed by atoms with van der Waals surface area (Å²) >= 11 is 0. The maximum atomic E-state index is 12.3. The van der Waals surface area contributed by atoms with Crippen LogP contribution in [0, 0.1) is 11.8 Å². The van der Waals surface area contributed by atoms with Crippen molar-refractivity contribution in [2.24, 2.45) is 11.8 Å². The molecule has 3 saturated heterocycles. The minimum atomic E-state index is 0.268. The van der Waals surface area contributed by atoms with E-state index in [1.54, 1.807) is 0 Å². The maximum absolute atomic E-state index is 12.3. The summed E-state index contributed by atoms with van der Waals surface area (Å²) in [6.07, 6.45) is 11.5. The largest absolute Gasteiger partial charge is 0.354 e. The van der Waals surface area contributed by atoms with Crippen LogP contribution in [0.25, 0.3) is 11.4 Å². The minimum Gasteiger partial charge on any atom is -0.354 e. The number of nitrogens with one attached hydrogen (secondary N) is 1. The number of fused-ring (bicyclic) bond motifs is 3. The van der Waals surface area contributed by atoms with Gasteiger partial charge in [0.25, 0.3) is 0 Å². The average molecular weight is 448 g/mol.